The molecule has 2 aromatic carbocycles. The summed E-state index contributed by atoms with van der Waals surface area (Å²) in [5, 5.41) is 1.35. The van der Waals surface area contributed by atoms with Crippen LogP contribution in [0.1, 0.15) is 11.5 Å². The molecule has 22 heavy (non-hydrogen) atoms. The third kappa shape index (κ3) is 3.08. The van der Waals surface area contributed by atoms with Gasteiger partial charge in [-0.2, -0.15) is 0 Å². The summed E-state index contributed by atoms with van der Waals surface area (Å²) in [6.07, 6.45) is 0. The number of aromatic nitrogens is 1. The number of hydrogen-bond donors (Lipinski definition) is 0. The topological polar surface area (TPSA) is 52.3 Å². The Bertz CT molecular complexity index is 906. The number of fused-ring (bicyclic) bond motifs is 1. The molecule has 0 saturated carbocycles. The SMILES string of the molecule is Cc1ccc2nc(COc3ccc(Cl)cc3Cl)oc(=O)c2c1. The van der Waals surface area contributed by atoms with Gasteiger partial charge in [0.15, 0.2) is 6.61 Å². The summed E-state index contributed by atoms with van der Waals surface area (Å²) in [6.45, 7) is 1.90. The van der Waals surface area contributed by atoms with Crippen molar-refractivity contribution in [2.75, 3.05) is 0 Å². The molecule has 0 saturated heterocycles. The van der Waals surface area contributed by atoms with E-state index in [9.17, 15) is 4.79 Å². The van der Waals surface area contributed by atoms with Gasteiger partial charge in [0.2, 0.25) is 5.89 Å². The molecule has 112 valence electrons. The van der Waals surface area contributed by atoms with Gasteiger partial charge in [0.25, 0.3) is 0 Å². The first-order valence-electron chi connectivity index (χ1n) is 6.51. The Hall–Kier alpha value is -2.04. The lowest BCUT2D eigenvalue weighted by molar-refractivity contribution is 0.254. The Labute approximate surface area is 136 Å². The van der Waals surface area contributed by atoms with Crippen LogP contribution in [0.5, 0.6) is 5.75 Å². The zero-order valence-electron chi connectivity index (χ0n) is 11.6. The molecule has 6 heteroatoms. The molecule has 0 fully saturated rings. The lowest BCUT2D eigenvalue weighted by atomic mass is 10.2. The zero-order chi connectivity index (χ0) is 15.7. The number of benzene rings is 2. The van der Waals surface area contributed by atoms with Crippen LogP contribution in [0.25, 0.3) is 10.9 Å². The molecule has 0 atom stereocenters. The molecule has 0 aliphatic heterocycles. The van der Waals surface area contributed by atoms with Gasteiger partial charge in [0.05, 0.1) is 15.9 Å². The fourth-order valence-electron chi connectivity index (χ4n) is 2.02. The Morgan fingerprint density at radius 1 is 1.18 bits per heavy atom. The maximum absolute atomic E-state index is 12.0. The summed E-state index contributed by atoms with van der Waals surface area (Å²) in [4.78, 5) is 16.2. The van der Waals surface area contributed by atoms with E-state index >= 15 is 0 Å². The molecule has 0 aliphatic rings. The van der Waals surface area contributed by atoms with E-state index in [2.05, 4.69) is 4.98 Å². The Balaban J connectivity index is 1.88. The molecular weight excluding hydrogens is 325 g/mol. The third-order valence-electron chi connectivity index (χ3n) is 3.07. The summed E-state index contributed by atoms with van der Waals surface area (Å²) >= 11 is 11.8. The van der Waals surface area contributed by atoms with E-state index in [0.29, 0.717) is 26.7 Å². The van der Waals surface area contributed by atoms with Crippen molar-refractivity contribution < 1.29 is 9.15 Å². The van der Waals surface area contributed by atoms with Crippen molar-refractivity contribution in [1.82, 2.24) is 4.98 Å². The van der Waals surface area contributed by atoms with Crippen molar-refractivity contribution in [2.45, 2.75) is 13.5 Å². The highest BCUT2D eigenvalue weighted by molar-refractivity contribution is 6.35. The average molecular weight is 336 g/mol. The van der Waals surface area contributed by atoms with E-state index in [-0.39, 0.29) is 12.5 Å². The summed E-state index contributed by atoms with van der Waals surface area (Å²) in [5.74, 6) is 0.631. The first-order chi connectivity index (χ1) is 10.5. The van der Waals surface area contributed by atoms with Gasteiger partial charge < -0.3 is 9.15 Å². The van der Waals surface area contributed by atoms with Crippen molar-refractivity contribution in [3.05, 3.63) is 68.3 Å². The Morgan fingerprint density at radius 2 is 2.00 bits per heavy atom. The average Bonchev–Trinajstić information content (AvgIpc) is 2.47. The molecular formula is C16H11Cl2NO3. The largest absolute Gasteiger partial charge is 0.482 e. The molecule has 0 aliphatic carbocycles. The Kier molecular flexibility index (Phi) is 4.05. The second-order valence-corrected chi connectivity index (χ2v) is 5.62. The summed E-state index contributed by atoms with van der Waals surface area (Å²) in [7, 11) is 0. The van der Waals surface area contributed by atoms with Gasteiger partial charge in [-0.25, -0.2) is 9.78 Å². The molecule has 0 radical (unpaired) electrons. The first kappa shape index (κ1) is 14.9. The van der Waals surface area contributed by atoms with E-state index in [1.54, 1.807) is 30.3 Å². The van der Waals surface area contributed by atoms with Crippen molar-refractivity contribution in [3.8, 4) is 5.75 Å². The van der Waals surface area contributed by atoms with Crippen LogP contribution in [0, 0.1) is 6.92 Å². The standard InChI is InChI=1S/C16H11Cl2NO3/c1-9-2-4-13-11(6-9)16(20)22-15(19-13)8-21-14-5-3-10(17)7-12(14)18/h2-7H,8H2,1H3. The van der Waals surface area contributed by atoms with Crippen LogP contribution in [0.4, 0.5) is 0 Å². The molecule has 0 unspecified atom stereocenters. The number of ether oxygens (including phenoxy) is 1. The van der Waals surface area contributed by atoms with Crippen LogP contribution in [0.3, 0.4) is 0 Å². The number of halogens is 2. The van der Waals surface area contributed by atoms with Crippen LogP contribution in [0.2, 0.25) is 10.0 Å². The first-order valence-corrected chi connectivity index (χ1v) is 7.27. The van der Waals surface area contributed by atoms with Crippen molar-refractivity contribution >= 4 is 34.1 Å². The predicted octanol–water partition coefficient (Wildman–Crippen LogP) is 4.38. The third-order valence-corrected chi connectivity index (χ3v) is 3.60. The van der Waals surface area contributed by atoms with E-state index in [1.165, 1.54) is 0 Å². The van der Waals surface area contributed by atoms with Crippen molar-refractivity contribution in [2.24, 2.45) is 0 Å². The van der Waals surface area contributed by atoms with E-state index in [1.807, 2.05) is 13.0 Å². The van der Waals surface area contributed by atoms with Gasteiger partial charge in [0, 0.05) is 5.02 Å². The minimum atomic E-state index is -0.436. The summed E-state index contributed by atoms with van der Waals surface area (Å²) in [6, 6.07) is 10.3. The predicted molar refractivity (Wildman–Crippen MR) is 85.8 cm³/mol. The molecule has 0 bridgehead atoms. The minimum absolute atomic E-state index is 0.000406. The lowest BCUT2D eigenvalue weighted by Gasteiger charge is -2.07. The quantitative estimate of drug-likeness (QED) is 0.712. The Morgan fingerprint density at radius 3 is 2.77 bits per heavy atom. The van der Waals surface area contributed by atoms with Gasteiger partial charge in [0.1, 0.15) is 5.75 Å². The van der Waals surface area contributed by atoms with E-state index < -0.39 is 5.63 Å². The highest BCUT2D eigenvalue weighted by Crippen LogP contribution is 2.28. The van der Waals surface area contributed by atoms with Gasteiger partial charge >= 0.3 is 5.63 Å². The molecule has 0 spiro atoms. The maximum atomic E-state index is 12.0. The monoisotopic (exact) mass is 335 g/mol. The van der Waals surface area contributed by atoms with Gasteiger partial charge in [-0.15, -0.1) is 0 Å². The minimum Gasteiger partial charge on any atom is -0.482 e. The highest BCUT2D eigenvalue weighted by Gasteiger charge is 2.09. The second kappa shape index (κ2) is 5.99. The molecule has 0 N–H and O–H groups in total. The molecule has 3 aromatic rings. The van der Waals surface area contributed by atoms with Gasteiger partial charge in [-0.3, -0.25) is 0 Å². The van der Waals surface area contributed by atoms with Crippen LogP contribution in [-0.2, 0) is 6.61 Å². The molecule has 3 rings (SSSR count). The van der Waals surface area contributed by atoms with Crippen LogP contribution < -0.4 is 10.4 Å². The molecule has 0 amide bonds. The highest BCUT2D eigenvalue weighted by atomic mass is 35.5. The smallest absolute Gasteiger partial charge is 0.346 e. The fraction of sp³-hybridized carbons (Fsp3) is 0.125. The number of aryl methyl sites for hydroxylation is 1. The van der Waals surface area contributed by atoms with Gasteiger partial charge in [-0.1, -0.05) is 34.8 Å². The van der Waals surface area contributed by atoms with Crippen LogP contribution in [0.15, 0.2) is 45.6 Å². The molecule has 1 heterocycles. The molecule has 1 aromatic heterocycles. The van der Waals surface area contributed by atoms with Crippen molar-refractivity contribution in [1.29, 1.82) is 0 Å². The number of rotatable bonds is 3. The lowest BCUT2D eigenvalue weighted by Crippen LogP contribution is -2.08. The summed E-state index contributed by atoms with van der Waals surface area (Å²) < 4.78 is 10.7. The van der Waals surface area contributed by atoms with Gasteiger partial charge in [-0.05, 0) is 37.3 Å². The maximum Gasteiger partial charge on any atom is 0.346 e. The zero-order valence-corrected chi connectivity index (χ0v) is 13.1. The summed E-state index contributed by atoms with van der Waals surface area (Å²) in [5.41, 5.74) is 1.11. The normalized spacial score (nSPS) is 10.9. The molecule has 4 nitrogen and oxygen atoms in total. The number of hydrogen-bond acceptors (Lipinski definition) is 4. The fourth-order valence-corrected chi connectivity index (χ4v) is 2.49. The number of nitrogens with zero attached hydrogens (tertiary/aromatic N) is 1. The van der Waals surface area contributed by atoms with Crippen LogP contribution in [-0.4, -0.2) is 4.98 Å². The van der Waals surface area contributed by atoms with Crippen LogP contribution >= 0.6 is 23.2 Å². The van der Waals surface area contributed by atoms with E-state index in [4.69, 9.17) is 32.4 Å². The van der Waals surface area contributed by atoms with E-state index in [0.717, 1.165) is 5.56 Å². The second-order valence-electron chi connectivity index (χ2n) is 4.78. The van der Waals surface area contributed by atoms with Crippen molar-refractivity contribution in [3.63, 3.8) is 0 Å².